The minimum atomic E-state index is -0.187. The highest BCUT2D eigenvalue weighted by Gasteiger charge is 1.94. The molecule has 1 N–H and O–H groups in total. The lowest BCUT2D eigenvalue weighted by molar-refractivity contribution is -0.116. The summed E-state index contributed by atoms with van der Waals surface area (Å²) in [4.78, 5) is 10.3. The summed E-state index contributed by atoms with van der Waals surface area (Å²) in [7, 11) is 0. The van der Waals surface area contributed by atoms with Crippen molar-refractivity contribution in [1.29, 1.82) is 0 Å². The Hall–Kier alpha value is -0.440. The molecule has 0 heterocycles. The zero-order valence-corrected chi connectivity index (χ0v) is 5.61. The van der Waals surface area contributed by atoms with E-state index in [2.05, 4.69) is 24.5 Å². The average Bonchev–Trinajstić information content (AvgIpc) is 1.65. The maximum Gasteiger partial charge on any atom is 0.244 e. The minimum Gasteiger partial charge on any atom is -0.341 e. The Morgan fingerprint density at radius 1 is 2.00 bits per heavy atom. The van der Waals surface area contributed by atoms with Crippen LogP contribution in [0.1, 0.15) is 6.92 Å². The van der Waals surface area contributed by atoms with Gasteiger partial charge in [0.15, 0.2) is 0 Å². The molecule has 46 valence electrons. The molecule has 8 heavy (non-hydrogen) atoms. The largest absolute Gasteiger partial charge is 0.341 e. The fourth-order valence-electron chi connectivity index (χ4n) is 0.265. The van der Waals surface area contributed by atoms with E-state index in [1.807, 2.05) is 0 Å². The highest BCUT2D eigenvalue weighted by Crippen LogP contribution is 1.84. The van der Waals surface area contributed by atoms with Gasteiger partial charge in [0, 0.05) is 0 Å². The van der Waals surface area contributed by atoms with Crippen molar-refractivity contribution in [3.63, 3.8) is 0 Å². The summed E-state index contributed by atoms with van der Waals surface area (Å²) in [5.74, 6) is -0.187. The van der Waals surface area contributed by atoms with Crippen molar-refractivity contribution < 1.29 is 4.79 Å². The van der Waals surface area contributed by atoms with Gasteiger partial charge in [-0.25, -0.2) is 0 Å². The molecule has 0 spiro atoms. The first-order valence-corrected chi connectivity index (χ1v) is 2.79. The lowest BCUT2D eigenvalue weighted by atomic mass is 10.5. The van der Waals surface area contributed by atoms with Gasteiger partial charge < -0.3 is 5.32 Å². The summed E-state index contributed by atoms with van der Waals surface area (Å²) in [5.41, 5.74) is 0. The van der Waals surface area contributed by atoms with E-state index in [1.165, 1.54) is 6.08 Å². The Morgan fingerprint density at radius 3 is 2.62 bits per heavy atom. The van der Waals surface area contributed by atoms with E-state index in [1.54, 1.807) is 6.92 Å². The predicted molar refractivity (Wildman–Crippen MR) is 36.8 cm³/mol. The number of carbonyl (C=O) groups is 1. The monoisotopic (exact) mass is 131 g/mol. The second kappa shape index (κ2) is 3.55. The molecule has 1 atom stereocenters. The van der Waals surface area contributed by atoms with Crippen LogP contribution in [-0.4, -0.2) is 11.3 Å². The second-order valence-corrected chi connectivity index (χ2v) is 2.16. The summed E-state index contributed by atoms with van der Waals surface area (Å²) < 4.78 is 0. The van der Waals surface area contributed by atoms with Gasteiger partial charge in [-0.05, 0) is 13.0 Å². The van der Waals surface area contributed by atoms with Gasteiger partial charge in [0.25, 0.3) is 0 Å². The molecule has 2 nitrogen and oxygen atoms in total. The van der Waals surface area contributed by atoms with Crippen LogP contribution in [0.3, 0.4) is 0 Å². The van der Waals surface area contributed by atoms with Crippen molar-refractivity contribution >= 4 is 18.5 Å². The quantitative estimate of drug-likeness (QED) is 0.320. The Bertz CT molecular complexity index is 101. The molecule has 0 aromatic carbocycles. The van der Waals surface area contributed by atoms with Gasteiger partial charge in [0.1, 0.15) is 0 Å². The molecule has 0 rings (SSSR count). The number of rotatable bonds is 2. The Labute approximate surface area is 54.4 Å². The summed E-state index contributed by atoms with van der Waals surface area (Å²) in [6.07, 6.45) is 1.21. The molecule has 0 aromatic heterocycles. The van der Waals surface area contributed by atoms with E-state index in [-0.39, 0.29) is 11.3 Å². The van der Waals surface area contributed by atoms with Gasteiger partial charge in [-0.15, -0.1) is 0 Å². The SMILES string of the molecule is C=CC(=O)NC(C)S. The smallest absolute Gasteiger partial charge is 0.244 e. The number of nitrogens with one attached hydrogen (secondary N) is 1. The molecular weight excluding hydrogens is 122 g/mol. The highest BCUT2D eigenvalue weighted by molar-refractivity contribution is 7.80. The van der Waals surface area contributed by atoms with Crippen LogP contribution in [0.15, 0.2) is 12.7 Å². The van der Waals surface area contributed by atoms with Crippen LogP contribution in [0, 0.1) is 0 Å². The summed E-state index contributed by atoms with van der Waals surface area (Å²) >= 11 is 3.91. The summed E-state index contributed by atoms with van der Waals surface area (Å²) in [5, 5.41) is 2.40. The molecular formula is C5H9NOS. The maximum atomic E-state index is 10.3. The molecule has 0 bridgehead atoms. The summed E-state index contributed by atoms with van der Waals surface area (Å²) in [6, 6.07) is 0. The Kier molecular flexibility index (Phi) is 3.35. The molecule has 0 aromatic rings. The minimum absolute atomic E-state index is 0.0968. The van der Waals surface area contributed by atoms with E-state index in [0.29, 0.717) is 0 Å². The van der Waals surface area contributed by atoms with Crippen molar-refractivity contribution in [2.75, 3.05) is 0 Å². The lowest BCUT2D eigenvalue weighted by Crippen LogP contribution is -2.26. The van der Waals surface area contributed by atoms with Crippen molar-refractivity contribution in [3.05, 3.63) is 12.7 Å². The molecule has 0 aliphatic rings. The first-order chi connectivity index (χ1) is 3.66. The number of amides is 1. The standard InChI is InChI=1S/C5H9NOS/c1-3-5(7)6-4(2)8/h3-4,8H,1H2,2H3,(H,6,7). The van der Waals surface area contributed by atoms with Gasteiger partial charge in [-0.2, -0.15) is 12.6 Å². The average molecular weight is 131 g/mol. The van der Waals surface area contributed by atoms with E-state index in [0.717, 1.165) is 0 Å². The fourth-order valence-corrected chi connectivity index (χ4v) is 0.392. The van der Waals surface area contributed by atoms with Crippen LogP contribution < -0.4 is 5.32 Å². The fraction of sp³-hybridized carbons (Fsp3) is 0.400. The van der Waals surface area contributed by atoms with Crippen molar-refractivity contribution in [2.24, 2.45) is 0 Å². The topological polar surface area (TPSA) is 29.1 Å². The second-order valence-electron chi connectivity index (χ2n) is 1.39. The normalized spacial score (nSPS) is 12.2. The molecule has 0 saturated heterocycles. The van der Waals surface area contributed by atoms with E-state index in [9.17, 15) is 4.79 Å². The van der Waals surface area contributed by atoms with Gasteiger partial charge in [-0.1, -0.05) is 6.58 Å². The van der Waals surface area contributed by atoms with Crippen LogP contribution in [-0.2, 0) is 4.79 Å². The van der Waals surface area contributed by atoms with E-state index < -0.39 is 0 Å². The molecule has 0 aliphatic carbocycles. The first kappa shape index (κ1) is 7.56. The number of carbonyl (C=O) groups excluding carboxylic acids is 1. The van der Waals surface area contributed by atoms with Gasteiger partial charge in [0.2, 0.25) is 5.91 Å². The van der Waals surface area contributed by atoms with Crippen LogP contribution in [0.2, 0.25) is 0 Å². The third kappa shape index (κ3) is 3.74. The Morgan fingerprint density at radius 2 is 2.50 bits per heavy atom. The Balaban J connectivity index is 3.39. The molecule has 0 saturated carbocycles. The molecule has 3 heteroatoms. The molecule has 0 radical (unpaired) electrons. The van der Waals surface area contributed by atoms with Gasteiger partial charge in [0.05, 0.1) is 5.37 Å². The zero-order valence-electron chi connectivity index (χ0n) is 4.72. The van der Waals surface area contributed by atoms with Gasteiger partial charge in [-0.3, -0.25) is 4.79 Å². The van der Waals surface area contributed by atoms with E-state index >= 15 is 0 Å². The number of hydrogen-bond acceptors (Lipinski definition) is 2. The third-order valence-corrected chi connectivity index (χ3v) is 0.666. The summed E-state index contributed by atoms with van der Waals surface area (Å²) in [6.45, 7) is 5.04. The van der Waals surface area contributed by atoms with Crippen LogP contribution in [0.4, 0.5) is 0 Å². The zero-order chi connectivity index (χ0) is 6.57. The van der Waals surface area contributed by atoms with Crippen molar-refractivity contribution in [2.45, 2.75) is 12.3 Å². The van der Waals surface area contributed by atoms with Crippen molar-refractivity contribution in [3.8, 4) is 0 Å². The van der Waals surface area contributed by atoms with Crippen LogP contribution in [0.5, 0.6) is 0 Å². The van der Waals surface area contributed by atoms with Gasteiger partial charge >= 0.3 is 0 Å². The molecule has 0 aliphatic heterocycles. The van der Waals surface area contributed by atoms with Crippen molar-refractivity contribution in [1.82, 2.24) is 5.32 Å². The molecule has 1 unspecified atom stereocenters. The highest BCUT2D eigenvalue weighted by atomic mass is 32.1. The number of thiol groups is 1. The van der Waals surface area contributed by atoms with E-state index in [4.69, 9.17) is 0 Å². The van der Waals surface area contributed by atoms with Crippen LogP contribution >= 0.6 is 12.6 Å². The lowest BCUT2D eigenvalue weighted by Gasteiger charge is -2.01. The number of hydrogen-bond donors (Lipinski definition) is 2. The predicted octanol–water partition coefficient (Wildman–Crippen LogP) is 0.564. The first-order valence-electron chi connectivity index (χ1n) is 2.28. The molecule has 0 fully saturated rings. The van der Waals surface area contributed by atoms with Crippen LogP contribution in [0.25, 0.3) is 0 Å². The molecule has 1 amide bonds. The third-order valence-electron chi connectivity index (χ3n) is 0.537. The maximum absolute atomic E-state index is 10.3.